The average molecular weight is 138 g/mol. The molecule has 1 fully saturated rings. The van der Waals surface area contributed by atoms with E-state index in [-0.39, 0.29) is 0 Å². The smallest absolute Gasteiger partial charge is 0.00522 e. The molecule has 0 radical (unpaired) electrons. The van der Waals surface area contributed by atoms with Crippen LogP contribution in [0.15, 0.2) is 0 Å². The van der Waals surface area contributed by atoms with Crippen LogP contribution in [0.2, 0.25) is 0 Å². The minimum atomic E-state index is -0.575. The van der Waals surface area contributed by atoms with Gasteiger partial charge in [-0.05, 0) is 12.8 Å². The first-order valence-corrected chi connectivity index (χ1v) is 5.56. The van der Waals surface area contributed by atoms with Crippen LogP contribution >= 0.6 is 21.0 Å². The fraction of sp³-hybridized carbons (Fsp3) is 1.00. The maximum atomic E-state index is 8.94. The molecule has 1 aliphatic heterocycles. The maximum Gasteiger partial charge on any atom is 0.00522 e. The lowest BCUT2D eigenvalue weighted by molar-refractivity contribution is 0.653. The Morgan fingerprint density at radius 1 is 1.43 bits per heavy atom. The van der Waals surface area contributed by atoms with Gasteiger partial charge in [0.05, 0.1) is 0 Å². The molecule has 0 bridgehead atoms. The van der Waals surface area contributed by atoms with Crippen molar-refractivity contribution >= 4 is 21.0 Å². The van der Waals surface area contributed by atoms with Crippen molar-refractivity contribution in [3.05, 3.63) is 0 Å². The number of hydrogen-bond donors (Lipinski definition) is 2. The molecule has 1 nitrogen and oxygen atoms in total. The zero-order chi connectivity index (χ0) is 5.11. The summed E-state index contributed by atoms with van der Waals surface area (Å²) in [6, 6.07) is 0. The molecular weight excluding hydrogens is 128 g/mol. The third-order valence-corrected chi connectivity index (χ3v) is 4.44. The Balaban J connectivity index is 2.12. The van der Waals surface area contributed by atoms with Crippen LogP contribution in [0.1, 0.15) is 12.8 Å². The second kappa shape index (κ2) is 2.84. The van der Waals surface area contributed by atoms with Gasteiger partial charge in [-0.2, -0.15) is 0 Å². The van der Waals surface area contributed by atoms with Crippen LogP contribution in [-0.4, -0.2) is 16.1 Å². The van der Waals surface area contributed by atoms with Crippen molar-refractivity contribution in [2.45, 2.75) is 12.8 Å². The van der Waals surface area contributed by atoms with E-state index >= 15 is 0 Å². The molecule has 0 saturated carbocycles. The summed E-state index contributed by atoms with van der Waals surface area (Å²) >= 11 is 0. The van der Waals surface area contributed by atoms with Gasteiger partial charge in [0.25, 0.3) is 0 Å². The quantitative estimate of drug-likeness (QED) is 0.394. The third-order valence-electron chi connectivity index (χ3n) is 0.984. The summed E-state index contributed by atoms with van der Waals surface area (Å²) in [6.07, 6.45) is 2.55. The molecule has 3 heteroatoms. The van der Waals surface area contributed by atoms with Gasteiger partial charge in [0, 0.05) is 11.5 Å². The van der Waals surface area contributed by atoms with Crippen molar-refractivity contribution in [2.75, 3.05) is 11.5 Å². The molecule has 1 atom stereocenters. The van der Waals surface area contributed by atoms with Crippen LogP contribution in [0.4, 0.5) is 0 Å². The molecule has 0 aliphatic carbocycles. The molecule has 0 amide bonds. The molecular formula is C4H10OS2. The highest BCUT2D eigenvalue weighted by atomic mass is 33.1. The lowest BCUT2D eigenvalue weighted by Gasteiger charge is -2.17. The van der Waals surface area contributed by atoms with Gasteiger partial charge in [0.15, 0.2) is 0 Å². The summed E-state index contributed by atoms with van der Waals surface area (Å²) in [7, 11) is 1.16. The Hall–Kier alpha value is 0.660. The fourth-order valence-electron chi connectivity index (χ4n) is 0.584. The van der Waals surface area contributed by atoms with E-state index in [1.165, 1.54) is 18.6 Å². The van der Waals surface area contributed by atoms with E-state index in [0.29, 0.717) is 0 Å². The highest BCUT2D eigenvalue weighted by molar-refractivity contribution is 8.83. The lowest BCUT2D eigenvalue weighted by atomic mass is 10.4. The summed E-state index contributed by atoms with van der Waals surface area (Å²) in [5.41, 5.74) is 0. The van der Waals surface area contributed by atoms with Crippen molar-refractivity contribution < 1.29 is 4.55 Å². The lowest BCUT2D eigenvalue weighted by Crippen LogP contribution is -1.93. The fourth-order valence-corrected chi connectivity index (χ4v) is 3.54. The van der Waals surface area contributed by atoms with Crippen LogP contribution in [-0.2, 0) is 0 Å². The molecule has 0 aromatic heterocycles. The molecule has 7 heavy (non-hydrogen) atoms. The summed E-state index contributed by atoms with van der Waals surface area (Å²) in [5, 5.41) is 0. The van der Waals surface area contributed by atoms with Gasteiger partial charge in [0.1, 0.15) is 0 Å². The van der Waals surface area contributed by atoms with Gasteiger partial charge in [-0.3, -0.25) is 0 Å². The molecule has 1 saturated heterocycles. The van der Waals surface area contributed by atoms with Gasteiger partial charge in [-0.25, -0.2) is 0 Å². The topological polar surface area (TPSA) is 20.2 Å². The van der Waals surface area contributed by atoms with E-state index in [2.05, 4.69) is 0 Å². The Morgan fingerprint density at radius 2 is 2.29 bits per heavy atom. The Bertz CT molecular complexity index is 51.7. The number of hydrogen-bond acceptors (Lipinski definition) is 2. The molecule has 0 spiro atoms. The van der Waals surface area contributed by atoms with Crippen LogP contribution < -0.4 is 0 Å². The largest absolute Gasteiger partial charge is 0.345 e. The van der Waals surface area contributed by atoms with Crippen LogP contribution in [0.25, 0.3) is 0 Å². The van der Waals surface area contributed by atoms with E-state index < -0.39 is 10.2 Å². The molecule has 1 heterocycles. The zero-order valence-corrected chi connectivity index (χ0v) is 5.84. The minimum absolute atomic E-state index is 0.575. The van der Waals surface area contributed by atoms with Crippen LogP contribution in [0.5, 0.6) is 0 Å². The molecule has 1 aliphatic rings. The van der Waals surface area contributed by atoms with Gasteiger partial charge in [-0.1, -0.05) is 10.8 Å². The summed E-state index contributed by atoms with van der Waals surface area (Å²) < 4.78 is 8.94. The van der Waals surface area contributed by atoms with Crippen LogP contribution in [0, 0.1) is 0 Å². The van der Waals surface area contributed by atoms with Crippen molar-refractivity contribution in [2.24, 2.45) is 0 Å². The molecule has 1 rings (SSSR count). The highest BCUT2D eigenvalue weighted by Crippen LogP contribution is 2.41. The van der Waals surface area contributed by atoms with Crippen LogP contribution in [0.3, 0.4) is 0 Å². The van der Waals surface area contributed by atoms with Gasteiger partial charge < -0.3 is 4.55 Å². The SMILES string of the molecule is O[SH]1CCCCS1. The second-order valence-electron chi connectivity index (χ2n) is 1.62. The van der Waals surface area contributed by atoms with E-state index in [1.807, 2.05) is 0 Å². The third kappa shape index (κ3) is 1.93. The monoisotopic (exact) mass is 138 g/mol. The first-order valence-electron chi connectivity index (χ1n) is 2.49. The van der Waals surface area contributed by atoms with E-state index in [9.17, 15) is 0 Å². The minimum Gasteiger partial charge on any atom is -0.345 e. The standard InChI is InChI=1S/C4H10OS2/c5-7-4-2-1-3-6-7/h5,7H,1-4H2. The molecule has 1 N–H and O–H groups in total. The summed E-state index contributed by atoms with van der Waals surface area (Å²) in [5.74, 6) is 2.25. The van der Waals surface area contributed by atoms with E-state index in [4.69, 9.17) is 4.55 Å². The maximum absolute atomic E-state index is 8.94. The molecule has 44 valence electrons. The first-order chi connectivity index (χ1) is 3.39. The highest BCUT2D eigenvalue weighted by Gasteiger charge is 2.04. The van der Waals surface area contributed by atoms with Gasteiger partial charge in [-0.15, -0.1) is 10.2 Å². The van der Waals surface area contributed by atoms with Crippen molar-refractivity contribution in [1.29, 1.82) is 0 Å². The summed E-state index contributed by atoms with van der Waals surface area (Å²) in [4.78, 5) is 0. The average Bonchev–Trinajstić information content (AvgIpc) is 1.69. The number of rotatable bonds is 0. The van der Waals surface area contributed by atoms with Crippen molar-refractivity contribution in [3.8, 4) is 0 Å². The summed E-state index contributed by atoms with van der Waals surface area (Å²) in [6.45, 7) is 0. The predicted octanol–water partition coefficient (Wildman–Crippen LogP) is 1.90. The molecule has 0 aromatic rings. The number of thiol groups is 1. The Morgan fingerprint density at radius 3 is 2.57 bits per heavy atom. The van der Waals surface area contributed by atoms with Gasteiger partial charge >= 0.3 is 0 Å². The first kappa shape index (κ1) is 5.79. The Kier molecular flexibility index (Phi) is 2.35. The second-order valence-corrected chi connectivity index (χ2v) is 5.47. The predicted molar refractivity (Wildman–Crippen MR) is 38.2 cm³/mol. The van der Waals surface area contributed by atoms with Gasteiger partial charge in [0.2, 0.25) is 0 Å². The van der Waals surface area contributed by atoms with E-state index in [1.54, 1.807) is 10.8 Å². The molecule has 1 unspecified atom stereocenters. The normalized spacial score (nSPS) is 38.1. The Labute approximate surface area is 50.4 Å². The van der Waals surface area contributed by atoms with Crippen molar-refractivity contribution in [1.82, 2.24) is 0 Å². The zero-order valence-electron chi connectivity index (χ0n) is 4.13. The van der Waals surface area contributed by atoms with Crippen molar-refractivity contribution in [3.63, 3.8) is 0 Å². The van der Waals surface area contributed by atoms with E-state index in [0.717, 1.165) is 5.75 Å². The molecule has 0 aromatic carbocycles.